The summed E-state index contributed by atoms with van der Waals surface area (Å²) in [6, 6.07) is 8.40. The first-order chi connectivity index (χ1) is 12.9. The van der Waals surface area contributed by atoms with Crippen LogP contribution >= 0.6 is 0 Å². The van der Waals surface area contributed by atoms with E-state index in [0.29, 0.717) is 30.4 Å². The molecule has 2 rings (SSSR count). The zero-order chi connectivity index (χ0) is 19.8. The van der Waals surface area contributed by atoms with E-state index in [2.05, 4.69) is 10.6 Å². The fraction of sp³-hybridized carbons (Fsp3) is 0.278. The number of carbonyl (C=O) groups is 1. The summed E-state index contributed by atoms with van der Waals surface area (Å²) in [5.74, 6) is -0.272. The first kappa shape index (κ1) is 20.0. The number of rotatable bonds is 9. The molecule has 2 N–H and O–H groups in total. The van der Waals surface area contributed by atoms with Crippen LogP contribution in [0.15, 0.2) is 36.4 Å². The van der Waals surface area contributed by atoms with Crippen LogP contribution in [0.4, 0.5) is 21.5 Å². The summed E-state index contributed by atoms with van der Waals surface area (Å²) in [5, 5.41) is 16.2. The molecule has 0 aliphatic rings. The van der Waals surface area contributed by atoms with Gasteiger partial charge >= 0.3 is 5.69 Å². The van der Waals surface area contributed by atoms with Crippen LogP contribution in [-0.4, -0.2) is 30.6 Å². The lowest BCUT2D eigenvalue weighted by Gasteiger charge is -2.14. The molecule has 0 saturated heterocycles. The summed E-state index contributed by atoms with van der Waals surface area (Å²) in [4.78, 5) is 22.2. The number of hydrogen-bond acceptors (Lipinski definition) is 6. The van der Waals surface area contributed by atoms with E-state index in [0.717, 1.165) is 12.1 Å². The van der Waals surface area contributed by atoms with E-state index in [4.69, 9.17) is 9.47 Å². The summed E-state index contributed by atoms with van der Waals surface area (Å²) in [5.41, 5.74) is 0.0366. The van der Waals surface area contributed by atoms with E-state index in [9.17, 15) is 19.3 Å². The first-order valence-electron chi connectivity index (χ1n) is 8.31. The molecule has 0 bridgehead atoms. The van der Waals surface area contributed by atoms with Crippen LogP contribution in [0.2, 0.25) is 0 Å². The molecule has 0 radical (unpaired) electrons. The van der Waals surface area contributed by atoms with Gasteiger partial charge in [0.05, 0.1) is 30.4 Å². The van der Waals surface area contributed by atoms with Crippen molar-refractivity contribution in [3.8, 4) is 11.5 Å². The fourth-order valence-corrected chi connectivity index (χ4v) is 2.28. The lowest BCUT2D eigenvalue weighted by molar-refractivity contribution is -0.387. The normalized spacial score (nSPS) is 10.2. The molecule has 0 saturated carbocycles. The third kappa shape index (κ3) is 5.56. The molecule has 0 aromatic heterocycles. The van der Waals surface area contributed by atoms with E-state index in [1.165, 1.54) is 6.07 Å². The summed E-state index contributed by atoms with van der Waals surface area (Å²) in [6.45, 7) is 4.40. The predicted octanol–water partition coefficient (Wildman–Crippen LogP) is 3.58. The van der Waals surface area contributed by atoms with Crippen molar-refractivity contribution in [3.05, 3.63) is 52.3 Å². The van der Waals surface area contributed by atoms with Crippen LogP contribution in [0.25, 0.3) is 0 Å². The van der Waals surface area contributed by atoms with Crippen LogP contribution in [0.1, 0.15) is 13.8 Å². The molecule has 0 fully saturated rings. The van der Waals surface area contributed by atoms with Gasteiger partial charge in [0.1, 0.15) is 11.5 Å². The summed E-state index contributed by atoms with van der Waals surface area (Å²) >= 11 is 0. The number of halogens is 1. The molecule has 0 heterocycles. The highest BCUT2D eigenvalue weighted by Gasteiger charge is 2.15. The Labute approximate surface area is 155 Å². The maximum Gasteiger partial charge on any atom is 0.306 e. The fourth-order valence-electron chi connectivity index (χ4n) is 2.28. The van der Waals surface area contributed by atoms with Gasteiger partial charge in [-0.3, -0.25) is 14.9 Å². The smallest absolute Gasteiger partial charge is 0.306 e. The Balaban J connectivity index is 2.06. The van der Waals surface area contributed by atoms with Crippen molar-refractivity contribution < 1.29 is 23.6 Å². The standard InChI is InChI=1S/C18H20FN3O5/c1-3-26-13-6-8-17(27-4-2)15(10-13)21-18(23)11-20-12-5-7-14(19)16(9-12)22(24)25/h5-10,20H,3-4,11H2,1-2H3,(H,21,23). The number of nitro benzene ring substituents is 1. The maximum atomic E-state index is 13.3. The molecule has 8 nitrogen and oxygen atoms in total. The Kier molecular flexibility index (Phi) is 6.93. The minimum Gasteiger partial charge on any atom is -0.494 e. The van der Waals surface area contributed by atoms with Gasteiger partial charge in [-0.15, -0.1) is 0 Å². The topological polar surface area (TPSA) is 103 Å². The average Bonchev–Trinajstić information content (AvgIpc) is 2.63. The number of nitrogens with zero attached hydrogens (tertiary/aromatic N) is 1. The molecule has 0 atom stereocenters. The maximum absolute atomic E-state index is 13.3. The van der Waals surface area contributed by atoms with Gasteiger partial charge in [-0.25, -0.2) is 0 Å². The molecule has 0 unspecified atom stereocenters. The van der Waals surface area contributed by atoms with Crippen LogP contribution in [0.3, 0.4) is 0 Å². The van der Waals surface area contributed by atoms with Crippen molar-refractivity contribution in [1.82, 2.24) is 0 Å². The van der Waals surface area contributed by atoms with Crippen molar-refractivity contribution in [2.24, 2.45) is 0 Å². The highest BCUT2D eigenvalue weighted by molar-refractivity contribution is 5.95. The Morgan fingerprint density at radius 2 is 1.89 bits per heavy atom. The van der Waals surface area contributed by atoms with Crippen molar-refractivity contribution >= 4 is 23.0 Å². The molecular weight excluding hydrogens is 357 g/mol. The van der Waals surface area contributed by atoms with Crippen LogP contribution in [0.5, 0.6) is 11.5 Å². The number of nitro groups is 1. The Bertz CT molecular complexity index is 829. The molecule has 1 amide bonds. The minimum atomic E-state index is -0.941. The molecule has 0 aliphatic carbocycles. The van der Waals surface area contributed by atoms with Crippen molar-refractivity contribution in [3.63, 3.8) is 0 Å². The van der Waals surface area contributed by atoms with Gasteiger partial charge in [-0.05, 0) is 38.1 Å². The number of ether oxygens (including phenoxy) is 2. The zero-order valence-electron chi connectivity index (χ0n) is 15.0. The molecule has 0 spiro atoms. The molecule has 0 aliphatic heterocycles. The number of nitrogens with one attached hydrogen (secondary N) is 2. The molecule has 2 aromatic carbocycles. The number of hydrogen-bond donors (Lipinski definition) is 2. The zero-order valence-corrected chi connectivity index (χ0v) is 15.0. The third-order valence-corrected chi connectivity index (χ3v) is 3.43. The lowest BCUT2D eigenvalue weighted by Crippen LogP contribution is -2.22. The number of amides is 1. The number of carbonyl (C=O) groups excluding carboxylic acids is 1. The molecule has 27 heavy (non-hydrogen) atoms. The molecule has 144 valence electrons. The second kappa shape index (κ2) is 9.37. The summed E-state index contributed by atoms with van der Waals surface area (Å²) in [6.07, 6.45) is 0. The molecule has 9 heteroatoms. The van der Waals surface area contributed by atoms with Crippen molar-refractivity contribution in [1.29, 1.82) is 0 Å². The van der Waals surface area contributed by atoms with E-state index in [1.54, 1.807) is 18.2 Å². The second-order valence-corrected chi connectivity index (χ2v) is 5.35. The highest BCUT2D eigenvalue weighted by atomic mass is 19.1. The Morgan fingerprint density at radius 1 is 1.15 bits per heavy atom. The Morgan fingerprint density at radius 3 is 2.56 bits per heavy atom. The van der Waals surface area contributed by atoms with Gasteiger partial charge in [-0.1, -0.05) is 0 Å². The Hall–Kier alpha value is -3.36. The SMILES string of the molecule is CCOc1ccc(OCC)c(NC(=O)CNc2ccc(F)c([N+](=O)[O-])c2)c1. The highest BCUT2D eigenvalue weighted by Crippen LogP contribution is 2.29. The van der Waals surface area contributed by atoms with Crippen LogP contribution in [0, 0.1) is 15.9 Å². The van der Waals surface area contributed by atoms with Gasteiger partial charge in [0.15, 0.2) is 0 Å². The first-order valence-corrected chi connectivity index (χ1v) is 8.31. The van der Waals surface area contributed by atoms with E-state index in [1.807, 2.05) is 13.8 Å². The van der Waals surface area contributed by atoms with Gasteiger partial charge < -0.3 is 20.1 Å². The van der Waals surface area contributed by atoms with Gasteiger partial charge in [-0.2, -0.15) is 4.39 Å². The van der Waals surface area contributed by atoms with E-state index < -0.39 is 22.3 Å². The van der Waals surface area contributed by atoms with E-state index >= 15 is 0 Å². The average molecular weight is 377 g/mol. The van der Waals surface area contributed by atoms with Crippen molar-refractivity contribution in [2.75, 3.05) is 30.4 Å². The minimum absolute atomic E-state index is 0.173. The molecular formula is C18H20FN3O5. The number of benzene rings is 2. The van der Waals surface area contributed by atoms with Crippen LogP contribution in [-0.2, 0) is 4.79 Å². The summed E-state index contributed by atoms with van der Waals surface area (Å²) < 4.78 is 24.2. The summed E-state index contributed by atoms with van der Waals surface area (Å²) in [7, 11) is 0. The van der Waals surface area contributed by atoms with E-state index in [-0.39, 0.29) is 12.2 Å². The largest absolute Gasteiger partial charge is 0.494 e. The van der Waals surface area contributed by atoms with Gasteiger partial charge in [0.25, 0.3) is 0 Å². The van der Waals surface area contributed by atoms with Crippen molar-refractivity contribution in [2.45, 2.75) is 13.8 Å². The predicted molar refractivity (Wildman–Crippen MR) is 99.0 cm³/mol. The van der Waals surface area contributed by atoms with Gasteiger partial charge in [0, 0.05) is 17.8 Å². The quantitative estimate of drug-likeness (QED) is 0.511. The van der Waals surface area contributed by atoms with Gasteiger partial charge in [0.2, 0.25) is 11.7 Å². The lowest BCUT2D eigenvalue weighted by atomic mass is 10.2. The second-order valence-electron chi connectivity index (χ2n) is 5.35. The van der Waals surface area contributed by atoms with Crippen LogP contribution < -0.4 is 20.1 Å². The number of anilines is 2. The molecule has 2 aromatic rings. The monoisotopic (exact) mass is 377 g/mol. The third-order valence-electron chi connectivity index (χ3n) is 3.43.